The van der Waals surface area contributed by atoms with E-state index in [4.69, 9.17) is 4.74 Å². The highest BCUT2D eigenvalue weighted by Crippen LogP contribution is 2.31. The van der Waals surface area contributed by atoms with Crippen LogP contribution >= 0.6 is 0 Å². The van der Waals surface area contributed by atoms with E-state index in [1.54, 1.807) is 18.5 Å². The van der Waals surface area contributed by atoms with Gasteiger partial charge < -0.3 is 9.84 Å². The topological polar surface area (TPSA) is 85.2 Å². The molecule has 6 nitrogen and oxygen atoms in total. The third-order valence-electron chi connectivity index (χ3n) is 4.54. The van der Waals surface area contributed by atoms with Crippen molar-refractivity contribution in [2.45, 2.75) is 39.0 Å². The predicted molar refractivity (Wildman–Crippen MR) is 112 cm³/mol. The summed E-state index contributed by atoms with van der Waals surface area (Å²) in [5.74, 6) is -0.619. The minimum Gasteiger partial charge on any atom is -0.477 e. The van der Waals surface area contributed by atoms with Crippen molar-refractivity contribution in [1.29, 1.82) is 0 Å². The summed E-state index contributed by atoms with van der Waals surface area (Å²) in [7, 11) is 0. The Bertz CT molecular complexity index is 931. The monoisotopic (exact) mass is 391 g/mol. The van der Waals surface area contributed by atoms with Crippen LogP contribution in [-0.2, 0) is 0 Å². The Hall–Kier alpha value is -3.28. The molecule has 0 amide bonds. The first-order valence-electron chi connectivity index (χ1n) is 9.94. The summed E-state index contributed by atoms with van der Waals surface area (Å²) in [6, 6.07) is 12.9. The molecule has 0 aliphatic heterocycles. The normalized spacial score (nSPS) is 10.7. The number of nitrogens with zero attached hydrogens (tertiary/aromatic N) is 3. The van der Waals surface area contributed by atoms with E-state index >= 15 is 0 Å². The maximum Gasteiger partial charge on any atom is 0.343 e. The Kier molecular flexibility index (Phi) is 7.28. The molecule has 0 fully saturated rings. The van der Waals surface area contributed by atoms with Gasteiger partial charge in [0.05, 0.1) is 12.3 Å². The first-order valence-corrected chi connectivity index (χ1v) is 9.94. The Labute approximate surface area is 170 Å². The number of carboxylic acid groups (broad SMARTS) is 1. The first-order chi connectivity index (χ1) is 14.2. The number of carboxylic acids is 1. The molecule has 0 aliphatic rings. The van der Waals surface area contributed by atoms with E-state index in [2.05, 4.69) is 21.9 Å². The molecule has 2 aromatic heterocycles. The summed E-state index contributed by atoms with van der Waals surface area (Å²) in [5.41, 5.74) is 1.73. The van der Waals surface area contributed by atoms with Crippen LogP contribution in [0, 0.1) is 0 Å². The van der Waals surface area contributed by atoms with Crippen molar-refractivity contribution in [2.75, 3.05) is 6.61 Å². The van der Waals surface area contributed by atoms with Crippen molar-refractivity contribution in [3.63, 3.8) is 0 Å². The molecular weight excluding hydrogens is 366 g/mol. The lowest BCUT2D eigenvalue weighted by Gasteiger charge is -2.14. The van der Waals surface area contributed by atoms with Crippen LogP contribution < -0.4 is 4.74 Å². The van der Waals surface area contributed by atoms with E-state index in [0.717, 1.165) is 19.3 Å². The van der Waals surface area contributed by atoms with Gasteiger partial charge in [-0.2, -0.15) is 4.98 Å². The number of rotatable bonds is 10. The lowest BCUT2D eigenvalue weighted by molar-refractivity contribution is 0.0691. The van der Waals surface area contributed by atoms with Gasteiger partial charge in [0.1, 0.15) is 5.56 Å². The van der Waals surface area contributed by atoms with Gasteiger partial charge in [0.15, 0.2) is 5.82 Å². The quantitative estimate of drug-likeness (QED) is 0.475. The minimum atomic E-state index is -1.11. The zero-order valence-electron chi connectivity index (χ0n) is 16.5. The largest absolute Gasteiger partial charge is 0.477 e. The molecule has 0 spiro atoms. The second-order valence-corrected chi connectivity index (χ2v) is 6.75. The van der Waals surface area contributed by atoms with Crippen LogP contribution in [0.25, 0.3) is 22.6 Å². The lowest BCUT2D eigenvalue weighted by atomic mass is 10.1. The molecule has 3 aromatic rings. The number of unbranched alkanes of at least 4 members (excludes halogenated alkanes) is 4. The Morgan fingerprint density at radius 3 is 2.41 bits per heavy atom. The zero-order chi connectivity index (χ0) is 20.5. The highest BCUT2D eigenvalue weighted by Gasteiger charge is 2.23. The molecule has 0 atom stereocenters. The number of hydrogen-bond donors (Lipinski definition) is 1. The second-order valence-electron chi connectivity index (χ2n) is 6.75. The van der Waals surface area contributed by atoms with E-state index in [1.165, 1.54) is 12.8 Å². The summed E-state index contributed by atoms with van der Waals surface area (Å²) in [4.78, 5) is 25.2. The fraction of sp³-hybridized carbons (Fsp3) is 0.304. The summed E-state index contributed by atoms with van der Waals surface area (Å²) in [5, 5.41) is 9.87. The number of hydrogen-bond acceptors (Lipinski definition) is 5. The van der Waals surface area contributed by atoms with Gasteiger partial charge in [-0.25, -0.2) is 9.78 Å². The van der Waals surface area contributed by atoms with Crippen LogP contribution in [-0.4, -0.2) is 32.6 Å². The molecule has 0 aliphatic carbocycles. The van der Waals surface area contributed by atoms with Crippen LogP contribution in [0.2, 0.25) is 0 Å². The van der Waals surface area contributed by atoms with Gasteiger partial charge in [0.2, 0.25) is 5.88 Å². The number of aromatic nitrogens is 3. The average Bonchev–Trinajstić information content (AvgIpc) is 2.76. The summed E-state index contributed by atoms with van der Waals surface area (Å²) >= 11 is 0. The van der Waals surface area contributed by atoms with E-state index in [0.29, 0.717) is 29.3 Å². The van der Waals surface area contributed by atoms with Gasteiger partial charge in [-0.3, -0.25) is 4.98 Å². The fourth-order valence-corrected chi connectivity index (χ4v) is 3.04. The van der Waals surface area contributed by atoms with E-state index in [-0.39, 0.29) is 11.4 Å². The third kappa shape index (κ3) is 5.38. The van der Waals surface area contributed by atoms with Crippen molar-refractivity contribution in [2.24, 2.45) is 0 Å². The van der Waals surface area contributed by atoms with Crippen LogP contribution in [0.4, 0.5) is 0 Å². The van der Waals surface area contributed by atoms with E-state index < -0.39 is 5.97 Å². The molecular formula is C23H25N3O3. The SMILES string of the molecule is CCCCCCCOc1nc(-c2cccnc2)nc(-c2ccccc2)c1C(=O)O. The number of carbonyl (C=O) groups is 1. The van der Waals surface area contributed by atoms with Gasteiger partial charge in [0.25, 0.3) is 0 Å². The Balaban J connectivity index is 1.99. The lowest BCUT2D eigenvalue weighted by Crippen LogP contribution is -2.11. The molecule has 1 N–H and O–H groups in total. The predicted octanol–water partition coefficient (Wildman–Crippen LogP) is 5.25. The molecule has 6 heteroatoms. The molecule has 0 radical (unpaired) electrons. The second kappa shape index (κ2) is 10.3. The number of benzene rings is 1. The molecule has 2 heterocycles. The summed E-state index contributed by atoms with van der Waals surface area (Å²) < 4.78 is 5.85. The van der Waals surface area contributed by atoms with Crippen LogP contribution in [0.1, 0.15) is 49.4 Å². The maximum atomic E-state index is 12.1. The van der Waals surface area contributed by atoms with Gasteiger partial charge >= 0.3 is 5.97 Å². The standard InChI is InChI=1S/C23H25N3O3/c1-2-3-4-5-9-15-29-22-19(23(27)28)20(17-11-7-6-8-12-17)25-21(26-22)18-13-10-14-24-16-18/h6-8,10-14,16H,2-5,9,15H2,1H3,(H,27,28). The fourth-order valence-electron chi connectivity index (χ4n) is 3.04. The third-order valence-corrected chi connectivity index (χ3v) is 4.54. The van der Waals surface area contributed by atoms with Crippen molar-refractivity contribution in [3.8, 4) is 28.5 Å². The molecule has 0 unspecified atom stereocenters. The molecule has 1 aromatic carbocycles. The Morgan fingerprint density at radius 2 is 1.72 bits per heavy atom. The molecule has 0 saturated carbocycles. The van der Waals surface area contributed by atoms with Gasteiger partial charge in [-0.05, 0) is 18.6 Å². The Morgan fingerprint density at radius 1 is 0.966 bits per heavy atom. The van der Waals surface area contributed by atoms with Gasteiger partial charge in [0, 0.05) is 23.5 Å². The van der Waals surface area contributed by atoms with Crippen LogP contribution in [0.5, 0.6) is 5.88 Å². The average molecular weight is 391 g/mol. The minimum absolute atomic E-state index is 0.0163. The van der Waals surface area contributed by atoms with Crippen LogP contribution in [0.3, 0.4) is 0 Å². The molecule has 150 valence electrons. The summed E-state index contributed by atoms with van der Waals surface area (Å²) in [6.45, 7) is 2.59. The van der Waals surface area contributed by atoms with E-state index in [1.807, 2.05) is 36.4 Å². The summed E-state index contributed by atoms with van der Waals surface area (Å²) in [6.07, 6.45) is 8.72. The molecule has 0 saturated heterocycles. The molecule has 0 bridgehead atoms. The number of pyridine rings is 1. The van der Waals surface area contributed by atoms with Gasteiger partial charge in [-0.1, -0.05) is 62.9 Å². The molecule has 29 heavy (non-hydrogen) atoms. The number of ether oxygens (including phenoxy) is 1. The number of aromatic carboxylic acids is 1. The zero-order valence-corrected chi connectivity index (χ0v) is 16.5. The van der Waals surface area contributed by atoms with Crippen molar-refractivity contribution in [1.82, 2.24) is 15.0 Å². The van der Waals surface area contributed by atoms with Crippen molar-refractivity contribution < 1.29 is 14.6 Å². The van der Waals surface area contributed by atoms with E-state index in [9.17, 15) is 9.90 Å². The highest BCUT2D eigenvalue weighted by molar-refractivity contribution is 5.97. The van der Waals surface area contributed by atoms with Gasteiger partial charge in [-0.15, -0.1) is 0 Å². The van der Waals surface area contributed by atoms with Crippen LogP contribution in [0.15, 0.2) is 54.9 Å². The van der Waals surface area contributed by atoms with Crippen molar-refractivity contribution >= 4 is 5.97 Å². The molecule has 3 rings (SSSR count). The maximum absolute atomic E-state index is 12.1. The highest BCUT2D eigenvalue weighted by atomic mass is 16.5. The first kappa shape index (κ1) is 20.5. The smallest absolute Gasteiger partial charge is 0.343 e. The van der Waals surface area contributed by atoms with Crippen molar-refractivity contribution in [3.05, 3.63) is 60.4 Å².